The standard InChI is InChI=1S/C12H20N.C6H5.2ClH.Ti/c1-11(2,3)9-7-13-8-10(9)12(4,5)6;1-6-4-2-3-5-6;;;/h7,13H,1-6H3;2-4H,1H2;2*1H;/q;;;;+2/p-2. The van der Waals surface area contributed by atoms with E-state index in [9.17, 15) is 0 Å². The summed E-state index contributed by atoms with van der Waals surface area (Å²) in [5.41, 5.74) is 4.53. The Morgan fingerprint density at radius 1 is 1.00 bits per heavy atom. The third kappa shape index (κ3) is 4.65. The molecule has 1 aromatic rings. The van der Waals surface area contributed by atoms with Gasteiger partial charge < -0.3 is 24.8 Å². The number of aromatic amines is 1. The van der Waals surface area contributed by atoms with E-state index >= 15 is 0 Å². The Labute approximate surface area is 156 Å². The molecule has 22 heavy (non-hydrogen) atoms. The van der Waals surface area contributed by atoms with Crippen molar-refractivity contribution in [2.45, 2.75) is 52.4 Å². The van der Waals surface area contributed by atoms with Gasteiger partial charge in [-0.25, -0.2) is 0 Å². The fourth-order valence-corrected chi connectivity index (χ4v) is 4.90. The quantitative estimate of drug-likeness (QED) is 0.597. The van der Waals surface area contributed by atoms with Crippen molar-refractivity contribution < 1.29 is 44.0 Å². The van der Waals surface area contributed by atoms with E-state index in [1.807, 2.05) is 0 Å². The van der Waals surface area contributed by atoms with Crippen LogP contribution in [0.4, 0.5) is 0 Å². The summed E-state index contributed by atoms with van der Waals surface area (Å²) in [5.74, 6) is 0. The first kappa shape index (κ1) is 21.8. The largest absolute Gasteiger partial charge is 1.00 e. The zero-order valence-electron chi connectivity index (χ0n) is 14.3. The first-order chi connectivity index (χ1) is 9.10. The molecule has 0 amide bonds. The molecular formula is C18H25Cl2NTi. The van der Waals surface area contributed by atoms with E-state index in [1.54, 1.807) is 0 Å². The molecule has 0 atom stereocenters. The molecule has 0 unspecified atom stereocenters. The van der Waals surface area contributed by atoms with Gasteiger partial charge in [0.25, 0.3) is 0 Å². The minimum absolute atomic E-state index is 0. The van der Waals surface area contributed by atoms with Crippen molar-refractivity contribution in [1.82, 2.24) is 4.98 Å². The van der Waals surface area contributed by atoms with Crippen molar-refractivity contribution in [3.05, 3.63) is 51.6 Å². The van der Waals surface area contributed by atoms with E-state index in [2.05, 4.69) is 77.5 Å². The molecule has 0 radical (unpaired) electrons. The van der Waals surface area contributed by atoms with E-state index in [-0.39, 0.29) is 54.8 Å². The van der Waals surface area contributed by atoms with Gasteiger partial charge in [-0.3, -0.25) is 0 Å². The molecule has 1 aliphatic rings. The average Bonchev–Trinajstić information content (AvgIpc) is 2.85. The molecular weight excluding hydrogens is 349 g/mol. The number of allylic oxidation sites excluding steroid dienone is 5. The summed E-state index contributed by atoms with van der Waals surface area (Å²) < 4.78 is 2.90. The fraction of sp³-hybridized carbons (Fsp3) is 0.444. The summed E-state index contributed by atoms with van der Waals surface area (Å²) >= 11 is -0.342. The Morgan fingerprint density at radius 2 is 1.59 bits per heavy atom. The number of rotatable bonds is 2. The Balaban J connectivity index is 0.00000220. The van der Waals surface area contributed by atoms with Crippen molar-refractivity contribution in [2.24, 2.45) is 0 Å². The molecule has 0 aliphatic heterocycles. The molecule has 1 N–H and O–H groups in total. The first-order valence-electron chi connectivity index (χ1n) is 7.17. The van der Waals surface area contributed by atoms with Crippen LogP contribution in [-0.4, -0.2) is 4.98 Å². The molecule has 1 nitrogen and oxygen atoms in total. The maximum atomic E-state index is 4.14. The van der Waals surface area contributed by atoms with Crippen LogP contribution < -0.4 is 28.8 Å². The van der Waals surface area contributed by atoms with Crippen molar-refractivity contribution in [3.63, 3.8) is 0 Å². The third-order valence-corrected chi connectivity index (χ3v) is 5.79. The van der Waals surface area contributed by atoms with Crippen molar-refractivity contribution in [1.29, 1.82) is 0 Å². The molecule has 1 aromatic heterocycles. The summed E-state index contributed by atoms with van der Waals surface area (Å²) in [6.45, 7) is 18.0. The molecule has 1 heterocycles. The van der Waals surface area contributed by atoms with Crippen LogP contribution in [0.5, 0.6) is 0 Å². The molecule has 1 aliphatic carbocycles. The summed E-state index contributed by atoms with van der Waals surface area (Å²) in [5, 5.41) is 0. The molecule has 0 saturated heterocycles. The summed E-state index contributed by atoms with van der Waals surface area (Å²) in [6, 6.07) is 0. The minimum atomic E-state index is -0.342. The molecule has 4 heteroatoms. The molecule has 0 aromatic carbocycles. The van der Waals surface area contributed by atoms with Crippen LogP contribution in [0, 0.1) is 0 Å². The van der Waals surface area contributed by atoms with E-state index in [0.29, 0.717) is 0 Å². The maximum Gasteiger partial charge on any atom is -1.00 e. The van der Waals surface area contributed by atoms with Crippen molar-refractivity contribution >= 4 is 4.00 Å². The van der Waals surface area contributed by atoms with Crippen molar-refractivity contribution in [3.8, 4) is 0 Å². The van der Waals surface area contributed by atoms with Gasteiger partial charge in [0.2, 0.25) is 0 Å². The van der Waals surface area contributed by atoms with Gasteiger partial charge in [0.05, 0.1) is 0 Å². The molecule has 0 spiro atoms. The second kappa shape index (κ2) is 7.58. The Bertz CT molecular complexity index is 596. The van der Waals surface area contributed by atoms with Crippen LogP contribution in [0.2, 0.25) is 0 Å². The molecule has 120 valence electrons. The van der Waals surface area contributed by atoms with Gasteiger partial charge in [0.1, 0.15) is 0 Å². The molecule has 0 fully saturated rings. The second-order valence-electron chi connectivity index (χ2n) is 7.54. The van der Waals surface area contributed by atoms with E-state index in [4.69, 9.17) is 0 Å². The van der Waals surface area contributed by atoms with Crippen LogP contribution in [-0.2, 0) is 30.0 Å². The third-order valence-electron chi connectivity index (χ3n) is 3.60. The van der Waals surface area contributed by atoms with Gasteiger partial charge in [-0.2, -0.15) is 0 Å². The van der Waals surface area contributed by atoms with Crippen LogP contribution in [0.25, 0.3) is 0 Å². The predicted molar refractivity (Wildman–Crippen MR) is 84.2 cm³/mol. The summed E-state index contributed by atoms with van der Waals surface area (Å²) in [6.07, 6.45) is 8.69. The topological polar surface area (TPSA) is 15.8 Å². The van der Waals surface area contributed by atoms with Gasteiger partial charge in [0, 0.05) is 0 Å². The predicted octanol–water partition coefficient (Wildman–Crippen LogP) is -1.66. The first-order valence-corrected chi connectivity index (χ1v) is 8.74. The Morgan fingerprint density at radius 3 is 2.00 bits per heavy atom. The normalized spacial score (nSPS) is 14.1. The monoisotopic (exact) mass is 373 g/mol. The van der Waals surface area contributed by atoms with E-state index in [1.165, 1.54) is 24.6 Å². The number of aromatic nitrogens is 1. The van der Waals surface area contributed by atoms with E-state index < -0.39 is 0 Å². The van der Waals surface area contributed by atoms with Crippen LogP contribution in [0.15, 0.2) is 40.5 Å². The van der Waals surface area contributed by atoms with Crippen LogP contribution >= 0.6 is 0 Å². The SMILES string of the molecule is C=C1C=CC=[C]1[Ti+2][c]1[nH]cc(C(C)(C)C)c1C(C)(C)C.[Cl-].[Cl-]. The average molecular weight is 374 g/mol. The second-order valence-corrected chi connectivity index (χ2v) is 9.55. The summed E-state index contributed by atoms with van der Waals surface area (Å²) in [4.78, 5) is 3.58. The fourth-order valence-electron chi connectivity index (χ4n) is 2.61. The Hall–Kier alpha value is -0.206. The number of nitrogens with one attached hydrogen (secondary N) is 1. The maximum absolute atomic E-state index is 4.14. The number of hydrogen-bond donors (Lipinski definition) is 1. The number of halogens is 2. The molecule has 0 saturated carbocycles. The van der Waals surface area contributed by atoms with Gasteiger partial charge in [-0.15, -0.1) is 0 Å². The van der Waals surface area contributed by atoms with Crippen LogP contribution in [0.1, 0.15) is 52.7 Å². The zero-order chi connectivity index (χ0) is 15.1. The molecule has 0 bridgehead atoms. The smallest absolute Gasteiger partial charge is 1.00 e. The van der Waals surface area contributed by atoms with Crippen molar-refractivity contribution in [2.75, 3.05) is 0 Å². The van der Waals surface area contributed by atoms with Gasteiger partial charge >= 0.3 is 132 Å². The van der Waals surface area contributed by atoms with Crippen LogP contribution in [0.3, 0.4) is 0 Å². The molecule has 2 rings (SSSR count). The summed E-state index contributed by atoms with van der Waals surface area (Å²) in [7, 11) is 0. The minimum Gasteiger partial charge on any atom is -1.00 e. The number of hydrogen-bond acceptors (Lipinski definition) is 0. The van der Waals surface area contributed by atoms with Gasteiger partial charge in [-0.05, 0) is 0 Å². The Kier molecular flexibility index (Phi) is 7.50. The number of H-pyrrole nitrogens is 1. The van der Waals surface area contributed by atoms with E-state index in [0.717, 1.165) is 0 Å². The van der Waals surface area contributed by atoms with Gasteiger partial charge in [-0.1, -0.05) is 0 Å². The zero-order valence-corrected chi connectivity index (χ0v) is 17.3. The van der Waals surface area contributed by atoms with Gasteiger partial charge in [0.15, 0.2) is 0 Å².